The van der Waals surface area contributed by atoms with Crippen molar-refractivity contribution in [3.05, 3.63) is 42.1 Å². The van der Waals surface area contributed by atoms with E-state index in [1.807, 2.05) is 18.3 Å². The number of carbonyl (C=O) groups is 1. The monoisotopic (exact) mass is 354 g/mol. The lowest BCUT2D eigenvalue weighted by Crippen LogP contribution is -2.43. The summed E-state index contributed by atoms with van der Waals surface area (Å²) in [6.07, 6.45) is 6.80. The Kier molecular flexibility index (Phi) is 6.62. The van der Waals surface area contributed by atoms with Crippen LogP contribution < -0.4 is 5.32 Å². The second-order valence-corrected chi connectivity index (χ2v) is 7.38. The average Bonchev–Trinajstić information content (AvgIpc) is 3.08. The molecule has 1 N–H and O–H groups in total. The third-order valence-corrected chi connectivity index (χ3v) is 5.39. The van der Waals surface area contributed by atoms with Crippen molar-refractivity contribution in [2.45, 2.75) is 52.0 Å². The van der Waals surface area contributed by atoms with Gasteiger partial charge in [0.25, 0.3) is 0 Å². The molecule has 0 bridgehead atoms. The molecule has 0 saturated carbocycles. The van der Waals surface area contributed by atoms with Gasteiger partial charge in [0.05, 0.1) is 24.8 Å². The van der Waals surface area contributed by atoms with Crippen LogP contribution in [0.3, 0.4) is 0 Å². The Morgan fingerprint density at radius 2 is 1.96 bits per heavy atom. The standard InChI is InChI=1S/C22H30N2O2/c1-3-7-16(8-4-2)22(25)24-21-15-26-14-18(21)13-17-11-12-23-20-10-6-5-9-19(17)20/h5-6,9-12,16,18,21H,3-4,7-8,13-15H2,1-2H3,(H,24,25)/t18-,21+/m1/s1. The maximum atomic E-state index is 12.7. The van der Waals surface area contributed by atoms with Crippen LogP contribution in [0.25, 0.3) is 10.9 Å². The predicted molar refractivity (Wildman–Crippen MR) is 105 cm³/mol. The van der Waals surface area contributed by atoms with E-state index in [2.05, 4.69) is 42.3 Å². The first-order valence-electron chi connectivity index (χ1n) is 9.93. The van der Waals surface area contributed by atoms with Crippen LogP contribution in [0.1, 0.15) is 45.1 Å². The van der Waals surface area contributed by atoms with Crippen LogP contribution in [0.2, 0.25) is 0 Å². The molecule has 0 radical (unpaired) electrons. The van der Waals surface area contributed by atoms with Gasteiger partial charge in [0.2, 0.25) is 5.91 Å². The molecule has 1 amide bonds. The van der Waals surface area contributed by atoms with Gasteiger partial charge in [-0.15, -0.1) is 0 Å². The number of nitrogens with one attached hydrogen (secondary N) is 1. The highest BCUT2D eigenvalue weighted by molar-refractivity contribution is 5.82. The van der Waals surface area contributed by atoms with E-state index in [9.17, 15) is 4.79 Å². The smallest absolute Gasteiger partial charge is 0.223 e. The Labute approximate surface area is 156 Å². The highest BCUT2D eigenvalue weighted by Gasteiger charge is 2.31. The zero-order valence-electron chi connectivity index (χ0n) is 15.9. The van der Waals surface area contributed by atoms with Gasteiger partial charge in [-0.2, -0.15) is 0 Å². The molecule has 1 aromatic heterocycles. The topological polar surface area (TPSA) is 51.2 Å². The van der Waals surface area contributed by atoms with Crippen molar-refractivity contribution in [3.8, 4) is 0 Å². The molecule has 4 nitrogen and oxygen atoms in total. The molecule has 2 atom stereocenters. The molecule has 3 rings (SSSR count). The minimum Gasteiger partial charge on any atom is -0.379 e. The first kappa shape index (κ1) is 18.8. The quantitative estimate of drug-likeness (QED) is 0.776. The zero-order valence-corrected chi connectivity index (χ0v) is 15.9. The molecule has 26 heavy (non-hydrogen) atoms. The molecule has 2 aromatic rings. The Balaban J connectivity index is 1.69. The number of hydrogen-bond acceptors (Lipinski definition) is 3. The number of rotatable bonds is 8. The Hall–Kier alpha value is -1.94. The second kappa shape index (κ2) is 9.13. The highest BCUT2D eigenvalue weighted by Crippen LogP contribution is 2.25. The van der Waals surface area contributed by atoms with Crippen LogP contribution in [-0.4, -0.2) is 30.1 Å². The highest BCUT2D eigenvalue weighted by atomic mass is 16.5. The molecular formula is C22H30N2O2. The summed E-state index contributed by atoms with van der Waals surface area (Å²) in [4.78, 5) is 17.2. The number of amides is 1. The number of pyridine rings is 1. The molecule has 1 aromatic carbocycles. The number of aromatic nitrogens is 1. The van der Waals surface area contributed by atoms with Crippen molar-refractivity contribution < 1.29 is 9.53 Å². The Bertz CT molecular complexity index is 720. The van der Waals surface area contributed by atoms with E-state index in [4.69, 9.17) is 4.74 Å². The van der Waals surface area contributed by atoms with E-state index in [0.29, 0.717) is 19.1 Å². The van der Waals surface area contributed by atoms with Gasteiger partial charge < -0.3 is 10.1 Å². The minimum atomic E-state index is 0.102. The predicted octanol–water partition coefficient (Wildman–Crippen LogP) is 4.12. The van der Waals surface area contributed by atoms with E-state index in [0.717, 1.165) is 37.6 Å². The normalized spacial score (nSPS) is 20.0. The summed E-state index contributed by atoms with van der Waals surface area (Å²) in [5, 5.41) is 4.48. The van der Waals surface area contributed by atoms with Gasteiger partial charge in [0.1, 0.15) is 0 Å². The number of nitrogens with zero attached hydrogens (tertiary/aromatic N) is 1. The Morgan fingerprint density at radius 1 is 1.19 bits per heavy atom. The molecule has 4 heteroatoms. The van der Waals surface area contributed by atoms with Gasteiger partial charge in [-0.25, -0.2) is 0 Å². The maximum Gasteiger partial charge on any atom is 0.223 e. The van der Waals surface area contributed by atoms with Gasteiger partial charge in [-0.1, -0.05) is 44.9 Å². The minimum absolute atomic E-state index is 0.102. The lowest BCUT2D eigenvalue weighted by molar-refractivity contribution is -0.126. The fraction of sp³-hybridized carbons (Fsp3) is 0.545. The largest absolute Gasteiger partial charge is 0.379 e. The number of ether oxygens (including phenoxy) is 1. The number of benzene rings is 1. The first-order valence-corrected chi connectivity index (χ1v) is 9.93. The van der Waals surface area contributed by atoms with Crippen molar-refractivity contribution in [2.75, 3.05) is 13.2 Å². The molecule has 2 heterocycles. The van der Waals surface area contributed by atoms with E-state index in [-0.39, 0.29) is 17.9 Å². The SMILES string of the molecule is CCCC(CCC)C(=O)N[C@H]1COC[C@H]1Cc1ccnc2ccccc12. The van der Waals surface area contributed by atoms with Crippen LogP contribution in [0, 0.1) is 11.8 Å². The fourth-order valence-electron chi connectivity index (χ4n) is 3.98. The molecular weight excluding hydrogens is 324 g/mol. The van der Waals surface area contributed by atoms with Crippen molar-refractivity contribution in [3.63, 3.8) is 0 Å². The van der Waals surface area contributed by atoms with Gasteiger partial charge >= 0.3 is 0 Å². The first-order chi connectivity index (χ1) is 12.7. The summed E-state index contributed by atoms with van der Waals surface area (Å²) in [5.74, 6) is 0.649. The lowest BCUT2D eigenvalue weighted by Gasteiger charge is -2.23. The maximum absolute atomic E-state index is 12.7. The molecule has 1 aliphatic rings. The molecule has 140 valence electrons. The van der Waals surface area contributed by atoms with Crippen molar-refractivity contribution in [2.24, 2.45) is 11.8 Å². The van der Waals surface area contributed by atoms with Crippen molar-refractivity contribution >= 4 is 16.8 Å². The summed E-state index contributed by atoms with van der Waals surface area (Å²) in [6, 6.07) is 10.4. The molecule has 1 fully saturated rings. The summed E-state index contributed by atoms with van der Waals surface area (Å²) in [7, 11) is 0. The average molecular weight is 354 g/mol. The summed E-state index contributed by atoms with van der Waals surface area (Å²) >= 11 is 0. The molecule has 1 aliphatic heterocycles. The van der Waals surface area contributed by atoms with Crippen LogP contribution in [0.15, 0.2) is 36.5 Å². The van der Waals surface area contributed by atoms with E-state index >= 15 is 0 Å². The molecule has 0 aliphatic carbocycles. The molecule has 0 unspecified atom stereocenters. The van der Waals surface area contributed by atoms with Gasteiger partial charge in [-0.3, -0.25) is 9.78 Å². The van der Waals surface area contributed by atoms with Crippen molar-refractivity contribution in [1.82, 2.24) is 10.3 Å². The molecule has 1 saturated heterocycles. The zero-order chi connectivity index (χ0) is 18.4. The van der Waals surface area contributed by atoms with E-state index in [1.54, 1.807) is 0 Å². The van der Waals surface area contributed by atoms with Crippen LogP contribution in [0.4, 0.5) is 0 Å². The van der Waals surface area contributed by atoms with Gasteiger partial charge in [0.15, 0.2) is 0 Å². The number of carbonyl (C=O) groups excluding carboxylic acids is 1. The fourth-order valence-corrected chi connectivity index (χ4v) is 3.98. The van der Waals surface area contributed by atoms with Crippen LogP contribution in [-0.2, 0) is 16.0 Å². The third-order valence-electron chi connectivity index (χ3n) is 5.39. The number of fused-ring (bicyclic) bond motifs is 1. The van der Waals surface area contributed by atoms with Crippen LogP contribution in [0.5, 0.6) is 0 Å². The third kappa shape index (κ3) is 4.42. The molecule has 0 spiro atoms. The van der Waals surface area contributed by atoms with E-state index < -0.39 is 0 Å². The van der Waals surface area contributed by atoms with Crippen LogP contribution >= 0.6 is 0 Å². The second-order valence-electron chi connectivity index (χ2n) is 7.38. The lowest BCUT2D eigenvalue weighted by atomic mass is 9.91. The summed E-state index contributed by atoms with van der Waals surface area (Å²) in [6.45, 7) is 5.61. The number of hydrogen-bond donors (Lipinski definition) is 1. The van der Waals surface area contributed by atoms with Crippen molar-refractivity contribution in [1.29, 1.82) is 0 Å². The Morgan fingerprint density at radius 3 is 2.73 bits per heavy atom. The van der Waals surface area contributed by atoms with Gasteiger partial charge in [-0.05, 0) is 37.0 Å². The summed E-state index contributed by atoms with van der Waals surface area (Å²) in [5.41, 5.74) is 2.31. The summed E-state index contributed by atoms with van der Waals surface area (Å²) < 4.78 is 5.72. The van der Waals surface area contributed by atoms with Gasteiger partial charge in [0, 0.05) is 23.4 Å². The van der Waals surface area contributed by atoms with E-state index in [1.165, 1.54) is 10.9 Å². The number of para-hydroxylation sites is 1.